The van der Waals surface area contributed by atoms with Crippen molar-refractivity contribution in [1.29, 1.82) is 0 Å². The van der Waals surface area contributed by atoms with Gasteiger partial charge in [0.1, 0.15) is 0 Å². The maximum absolute atomic E-state index is 12.6. The smallest absolute Gasteiger partial charge is 0.253 e. The van der Waals surface area contributed by atoms with Gasteiger partial charge in [-0.25, -0.2) is 0 Å². The predicted octanol–water partition coefficient (Wildman–Crippen LogP) is 0.832. The van der Waals surface area contributed by atoms with Crippen LogP contribution in [0.15, 0.2) is 30.3 Å². The van der Waals surface area contributed by atoms with Crippen LogP contribution in [0.25, 0.3) is 0 Å². The molecule has 3 N–H and O–H groups in total. The maximum Gasteiger partial charge on any atom is 0.253 e. The topological polar surface area (TPSA) is 93.2 Å². The highest BCUT2D eigenvalue weighted by atomic mass is 16.2. The van der Waals surface area contributed by atoms with Gasteiger partial charge in [0.25, 0.3) is 5.91 Å². The molecule has 2 amide bonds. The van der Waals surface area contributed by atoms with Crippen LogP contribution in [0, 0.1) is 6.92 Å². The Kier molecular flexibility index (Phi) is 4.85. The van der Waals surface area contributed by atoms with E-state index in [-0.39, 0.29) is 11.9 Å². The Bertz CT molecular complexity index is 779. The van der Waals surface area contributed by atoms with Crippen LogP contribution >= 0.6 is 0 Å². The fourth-order valence-electron chi connectivity index (χ4n) is 3.07. The molecule has 132 valence electrons. The number of hydrogen-bond acceptors (Lipinski definition) is 4. The molecule has 1 aromatic heterocycles. The third-order valence-electron chi connectivity index (χ3n) is 4.61. The molecule has 0 unspecified atom stereocenters. The molecule has 1 aliphatic heterocycles. The molecule has 1 fully saturated rings. The number of primary amides is 1. The minimum absolute atomic E-state index is 0.0684. The highest BCUT2D eigenvalue weighted by molar-refractivity contribution is 5.99. The van der Waals surface area contributed by atoms with Gasteiger partial charge in [-0.05, 0) is 37.6 Å². The molecule has 7 heteroatoms. The lowest BCUT2D eigenvalue weighted by molar-refractivity contribution is 0.0789. The van der Waals surface area contributed by atoms with Gasteiger partial charge >= 0.3 is 0 Å². The summed E-state index contributed by atoms with van der Waals surface area (Å²) in [5.41, 5.74) is 8.25. The molecule has 0 saturated carbocycles. The molecule has 1 atom stereocenters. The number of nitrogens with two attached hydrogens (primary N) is 1. The number of amides is 2. The zero-order valence-electron chi connectivity index (χ0n) is 14.5. The second-order valence-electron chi connectivity index (χ2n) is 6.46. The first kappa shape index (κ1) is 17.2. The Morgan fingerprint density at radius 3 is 2.76 bits per heavy atom. The van der Waals surface area contributed by atoms with Crippen molar-refractivity contribution in [3.63, 3.8) is 0 Å². The van der Waals surface area contributed by atoms with Crippen molar-refractivity contribution < 1.29 is 9.59 Å². The minimum Gasteiger partial charge on any atom is -0.366 e. The van der Waals surface area contributed by atoms with Gasteiger partial charge < -0.3 is 16.0 Å². The van der Waals surface area contributed by atoms with Crippen molar-refractivity contribution in [2.24, 2.45) is 12.8 Å². The first-order valence-corrected chi connectivity index (χ1v) is 8.36. The number of aromatic nitrogens is 2. The van der Waals surface area contributed by atoms with Gasteiger partial charge in [-0.1, -0.05) is 6.07 Å². The molecule has 2 aromatic rings. The average Bonchev–Trinajstić information content (AvgIpc) is 3.19. The van der Waals surface area contributed by atoms with Gasteiger partial charge in [0.2, 0.25) is 5.91 Å². The van der Waals surface area contributed by atoms with E-state index in [0.29, 0.717) is 30.8 Å². The zero-order valence-corrected chi connectivity index (χ0v) is 14.5. The number of likely N-dealkylation sites (tertiary alicyclic amines) is 1. The van der Waals surface area contributed by atoms with Crippen LogP contribution in [-0.4, -0.2) is 45.6 Å². The van der Waals surface area contributed by atoms with Gasteiger partial charge in [-0.15, -0.1) is 0 Å². The average molecular weight is 341 g/mol. The summed E-state index contributed by atoms with van der Waals surface area (Å²) in [5, 5.41) is 7.89. The van der Waals surface area contributed by atoms with E-state index in [4.69, 9.17) is 5.73 Å². The number of carbonyl (C=O) groups excluding carboxylic acids is 2. The van der Waals surface area contributed by atoms with E-state index in [1.807, 2.05) is 18.7 Å². The quantitative estimate of drug-likeness (QED) is 0.842. The van der Waals surface area contributed by atoms with Crippen LogP contribution in [0.4, 0.5) is 0 Å². The van der Waals surface area contributed by atoms with Crippen molar-refractivity contribution >= 4 is 11.8 Å². The summed E-state index contributed by atoms with van der Waals surface area (Å²) >= 11 is 0. The van der Waals surface area contributed by atoms with Crippen LogP contribution in [0.5, 0.6) is 0 Å². The standard InChI is InChI=1S/C18H23N5O2/c1-12-8-16(21-22(12)2)10-20-15-6-7-23(11-15)18(25)14-5-3-4-13(9-14)17(19)24/h3-5,8-9,15,20H,6-7,10-11H2,1-2H3,(H2,19,24)/t15-/m0/s1. The number of nitrogens with one attached hydrogen (secondary N) is 1. The van der Waals surface area contributed by atoms with E-state index in [1.54, 1.807) is 29.2 Å². The normalized spacial score (nSPS) is 17.0. The molecule has 1 saturated heterocycles. The fraction of sp³-hybridized carbons (Fsp3) is 0.389. The minimum atomic E-state index is -0.527. The number of carbonyl (C=O) groups is 2. The Balaban J connectivity index is 1.57. The Hall–Kier alpha value is -2.67. The van der Waals surface area contributed by atoms with Crippen molar-refractivity contribution in [2.75, 3.05) is 13.1 Å². The highest BCUT2D eigenvalue weighted by Gasteiger charge is 2.27. The molecule has 3 rings (SSSR count). The lowest BCUT2D eigenvalue weighted by atomic mass is 10.1. The first-order chi connectivity index (χ1) is 11.9. The molecule has 1 aliphatic rings. The molecular formula is C18H23N5O2. The molecule has 2 heterocycles. The number of benzene rings is 1. The van der Waals surface area contributed by atoms with E-state index in [9.17, 15) is 9.59 Å². The van der Waals surface area contributed by atoms with Crippen molar-refractivity contribution in [1.82, 2.24) is 20.0 Å². The third kappa shape index (κ3) is 3.88. The molecule has 0 aliphatic carbocycles. The summed E-state index contributed by atoms with van der Waals surface area (Å²) in [6.45, 7) is 4.04. The van der Waals surface area contributed by atoms with Gasteiger partial charge in [0, 0.05) is 49.5 Å². The van der Waals surface area contributed by atoms with Crippen LogP contribution in [0.1, 0.15) is 38.5 Å². The van der Waals surface area contributed by atoms with Crippen molar-refractivity contribution in [2.45, 2.75) is 25.9 Å². The third-order valence-corrected chi connectivity index (χ3v) is 4.61. The zero-order chi connectivity index (χ0) is 18.0. The maximum atomic E-state index is 12.6. The number of rotatable bonds is 5. The highest BCUT2D eigenvalue weighted by Crippen LogP contribution is 2.15. The first-order valence-electron chi connectivity index (χ1n) is 8.36. The monoisotopic (exact) mass is 341 g/mol. The van der Waals surface area contributed by atoms with Crippen molar-refractivity contribution in [3.05, 3.63) is 52.8 Å². The largest absolute Gasteiger partial charge is 0.366 e. The SMILES string of the molecule is Cc1cc(CN[C@H]2CCN(C(=O)c3cccc(C(N)=O)c3)C2)nn1C. The van der Waals surface area contributed by atoms with E-state index >= 15 is 0 Å². The molecule has 7 nitrogen and oxygen atoms in total. The van der Waals surface area contributed by atoms with Gasteiger partial charge in [0.15, 0.2) is 0 Å². The lowest BCUT2D eigenvalue weighted by Gasteiger charge is -2.17. The van der Waals surface area contributed by atoms with Crippen molar-refractivity contribution in [3.8, 4) is 0 Å². The molecule has 0 radical (unpaired) electrons. The van der Waals surface area contributed by atoms with Gasteiger partial charge in [0.05, 0.1) is 5.69 Å². The van der Waals surface area contributed by atoms with Crippen LogP contribution in [0.3, 0.4) is 0 Å². The number of aryl methyl sites for hydroxylation is 2. The Morgan fingerprint density at radius 2 is 2.08 bits per heavy atom. The van der Waals surface area contributed by atoms with Gasteiger partial charge in [-0.3, -0.25) is 14.3 Å². The Morgan fingerprint density at radius 1 is 1.32 bits per heavy atom. The summed E-state index contributed by atoms with van der Waals surface area (Å²) in [4.78, 5) is 25.7. The summed E-state index contributed by atoms with van der Waals surface area (Å²) < 4.78 is 1.85. The van der Waals surface area contributed by atoms with Crippen LogP contribution < -0.4 is 11.1 Å². The number of hydrogen-bond donors (Lipinski definition) is 2. The summed E-state index contributed by atoms with van der Waals surface area (Å²) in [6, 6.07) is 8.87. The van der Waals surface area contributed by atoms with E-state index < -0.39 is 5.91 Å². The van der Waals surface area contributed by atoms with Crippen LogP contribution in [-0.2, 0) is 13.6 Å². The lowest BCUT2D eigenvalue weighted by Crippen LogP contribution is -2.35. The summed E-state index contributed by atoms with van der Waals surface area (Å²) in [7, 11) is 1.93. The van der Waals surface area contributed by atoms with Gasteiger partial charge in [-0.2, -0.15) is 5.10 Å². The summed E-state index contributed by atoms with van der Waals surface area (Å²) in [5.74, 6) is -0.595. The Labute approximate surface area is 146 Å². The van der Waals surface area contributed by atoms with E-state index in [1.165, 1.54) is 0 Å². The fourth-order valence-corrected chi connectivity index (χ4v) is 3.07. The molecular weight excluding hydrogens is 318 g/mol. The molecule has 0 bridgehead atoms. The number of nitrogens with zero attached hydrogens (tertiary/aromatic N) is 3. The second kappa shape index (κ2) is 7.06. The molecule has 0 spiro atoms. The van der Waals surface area contributed by atoms with Crippen LogP contribution in [0.2, 0.25) is 0 Å². The van der Waals surface area contributed by atoms with E-state index in [2.05, 4.69) is 16.5 Å². The predicted molar refractivity (Wildman–Crippen MR) is 94.1 cm³/mol. The molecule has 1 aromatic carbocycles. The second-order valence-corrected chi connectivity index (χ2v) is 6.46. The summed E-state index contributed by atoms with van der Waals surface area (Å²) in [6.07, 6.45) is 0.896. The van der Waals surface area contributed by atoms with E-state index in [0.717, 1.165) is 17.8 Å². The molecule has 25 heavy (non-hydrogen) atoms.